The molecule has 0 aromatic carbocycles. The van der Waals surface area contributed by atoms with Crippen LogP contribution in [-0.4, -0.2) is 37.6 Å². The molecule has 0 unspecified atom stereocenters. The Labute approximate surface area is 158 Å². The first-order valence-corrected chi connectivity index (χ1v) is 10.1. The van der Waals surface area contributed by atoms with Gasteiger partial charge in [-0.25, -0.2) is 4.79 Å². The van der Waals surface area contributed by atoms with Gasteiger partial charge in [0.2, 0.25) is 0 Å². The normalized spacial score (nSPS) is 13.9. The fraction of sp³-hybridized carbons (Fsp3) is 0.632. The molecule has 1 aliphatic carbocycles. The van der Waals surface area contributed by atoms with Crippen molar-refractivity contribution in [2.24, 2.45) is 0 Å². The summed E-state index contributed by atoms with van der Waals surface area (Å²) in [6.45, 7) is 2.15. The Balaban J connectivity index is 1.70. The van der Waals surface area contributed by atoms with Crippen molar-refractivity contribution >= 4 is 29.2 Å². The Morgan fingerprint density at radius 2 is 1.88 bits per heavy atom. The minimum atomic E-state index is -0.441. The zero-order chi connectivity index (χ0) is 18.8. The van der Waals surface area contributed by atoms with Crippen molar-refractivity contribution in [2.75, 3.05) is 19.8 Å². The average molecular weight is 381 g/mol. The van der Waals surface area contributed by atoms with Crippen LogP contribution in [0.1, 0.15) is 65.6 Å². The quantitative estimate of drug-likeness (QED) is 0.553. The number of aryl methyl sites for hydroxylation is 2. The first-order chi connectivity index (χ1) is 12.6. The standard InChI is InChI=1S/C19H27NO5S/c1-2-24-18(22)10-7-11-20-17(21)13-25-19(23)16-12-14-8-5-3-4-6-9-15(14)26-16/h12H,2-11,13H2,1H3,(H,20,21). The first kappa shape index (κ1) is 20.4. The summed E-state index contributed by atoms with van der Waals surface area (Å²) < 4.78 is 9.92. The predicted molar refractivity (Wildman–Crippen MR) is 99.4 cm³/mol. The van der Waals surface area contributed by atoms with Crippen LogP contribution in [0.5, 0.6) is 0 Å². The summed E-state index contributed by atoms with van der Waals surface area (Å²) in [6.07, 6.45) is 7.60. The SMILES string of the molecule is CCOC(=O)CCCNC(=O)COC(=O)c1cc2c(s1)CCCCCC2. The van der Waals surface area contributed by atoms with E-state index in [0.29, 0.717) is 24.4 Å². The molecule has 6 nitrogen and oxygen atoms in total. The predicted octanol–water partition coefficient (Wildman–Crippen LogP) is 3.02. The molecule has 1 N–H and O–H groups in total. The highest BCUT2D eigenvalue weighted by atomic mass is 32.1. The van der Waals surface area contributed by atoms with Gasteiger partial charge in [-0.15, -0.1) is 11.3 Å². The summed E-state index contributed by atoms with van der Waals surface area (Å²) in [4.78, 5) is 36.9. The lowest BCUT2D eigenvalue weighted by Gasteiger charge is -2.07. The van der Waals surface area contributed by atoms with E-state index in [1.165, 1.54) is 34.6 Å². The van der Waals surface area contributed by atoms with Gasteiger partial charge in [0.25, 0.3) is 5.91 Å². The number of thiophene rings is 1. The van der Waals surface area contributed by atoms with Crippen LogP contribution in [0.25, 0.3) is 0 Å². The maximum Gasteiger partial charge on any atom is 0.348 e. The maximum atomic E-state index is 12.2. The number of rotatable bonds is 8. The van der Waals surface area contributed by atoms with E-state index >= 15 is 0 Å². The molecule has 0 atom stereocenters. The van der Waals surface area contributed by atoms with E-state index in [9.17, 15) is 14.4 Å². The lowest BCUT2D eigenvalue weighted by atomic mass is 10.00. The van der Waals surface area contributed by atoms with Gasteiger partial charge in [-0.3, -0.25) is 9.59 Å². The van der Waals surface area contributed by atoms with Crippen LogP contribution in [0.3, 0.4) is 0 Å². The highest BCUT2D eigenvalue weighted by molar-refractivity contribution is 7.14. The third-order valence-electron chi connectivity index (χ3n) is 4.22. The van der Waals surface area contributed by atoms with Gasteiger partial charge in [0.1, 0.15) is 4.88 Å². The number of fused-ring (bicyclic) bond motifs is 1. The fourth-order valence-electron chi connectivity index (χ4n) is 2.89. The zero-order valence-electron chi connectivity index (χ0n) is 15.3. The Kier molecular flexibility index (Phi) is 8.61. The molecule has 0 aliphatic heterocycles. The van der Waals surface area contributed by atoms with Crippen molar-refractivity contribution in [3.05, 3.63) is 21.4 Å². The molecule has 26 heavy (non-hydrogen) atoms. The van der Waals surface area contributed by atoms with Crippen molar-refractivity contribution in [3.8, 4) is 0 Å². The Morgan fingerprint density at radius 3 is 2.65 bits per heavy atom. The van der Waals surface area contributed by atoms with E-state index in [4.69, 9.17) is 9.47 Å². The molecular formula is C19H27NO5S. The number of carbonyl (C=O) groups excluding carboxylic acids is 3. The second-order valence-electron chi connectivity index (χ2n) is 6.31. The molecule has 1 aromatic rings. The first-order valence-electron chi connectivity index (χ1n) is 9.31. The van der Waals surface area contributed by atoms with Crippen LogP contribution < -0.4 is 5.32 Å². The summed E-state index contributed by atoms with van der Waals surface area (Å²) in [5.41, 5.74) is 1.25. The van der Waals surface area contributed by atoms with Gasteiger partial charge in [0.15, 0.2) is 6.61 Å². The van der Waals surface area contributed by atoms with Crippen LogP contribution >= 0.6 is 11.3 Å². The fourth-order valence-corrected chi connectivity index (χ4v) is 4.04. The van der Waals surface area contributed by atoms with Crippen molar-refractivity contribution in [1.82, 2.24) is 5.32 Å². The molecule has 144 valence electrons. The summed E-state index contributed by atoms with van der Waals surface area (Å²) in [6, 6.07) is 1.92. The Morgan fingerprint density at radius 1 is 1.12 bits per heavy atom. The molecule has 0 bridgehead atoms. The molecule has 7 heteroatoms. The van der Waals surface area contributed by atoms with Gasteiger partial charge in [0, 0.05) is 17.8 Å². The average Bonchev–Trinajstić information content (AvgIpc) is 2.99. The van der Waals surface area contributed by atoms with E-state index in [-0.39, 0.29) is 24.9 Å². The third-order valence-corrected chi connectivity index (χ3v) is 5.43. The summed E-state index contributed by atoms with van der Waals surface area (Å²) in [5.74, 6) is -1.08. The molecule has 1 aromatic heterocycles. The number of hydrogen-bond donors (Lipinski definition) is 1. The molecule has 1 aliphatic rings. The number of carbonyl (C=O) groups is 3. The number of esters is 2. The number of amides is 1. The maximum absolute atomic E-state index is 12.2. The zero-order valence-corrected chi connectivity index (χ0v) is 16.1. The minimum absolute atomic E-state index is 0.259. The second-order valence-corrected chi connectivity index (χ2v) is 7.44. The molecule has 0 saturated carbocycles. The van der Waals surface area contributed by atoms with Crippen LogP contribution in [0.2, 0.25) is 0 Å². The van der Waals surface area contributed by atoms with Gasteiger partial charge >= 0.3 is 11.9 Å². The summed E-state index contributed by atoms with van der Waals surface area (Å²) >= 11 is 1.49. The van der Waals surface area contributed by atoms with Crippen molar-refractivity contribution in [2.45, 2.75) is 58.3 Å². The summed E-state index contributed by atoms with van der Waals surface area (Å²) in [7, 11) is 0. The van der Waals surface area contributed by atoms with Crippen LogP contribution in [0.4, 0.5) is 0 Å². The molecular weight excluding hydrogens is 354 g/mol. The molecule has 0 fully saturated rings. The highest BCUT2D eigenvalue weighted by Crippen LogP contribution is 2.28. The van der Waals surface area contributed by atoms with Crippen molar-refractivity contribution < 1.29 is 23.9 Å². The molecule has 1 heterocycles. The Hall–Kier alpha value is -1.89. The van der Waals surface area contributed by atoms with Gasteiger partial charge < -0.3 is 14.8 Å². The third kappa shape index (κ3) is 6.78. The number of ether oxygens (including phenoxy) is 2. The van der Waals surface area contributed by atoms with Gasteiger partial charge in [-0.05, 0) is 50.7 Å². The van der Waals surface area contributed by atoms with E-state index in [1.807, 2.05) is 6.07 Å². The second kappa shape index (κ2) is 11.0. The van der Waals surface area contributed by atoms with Crippen molar-refractivity contribution in [3.63, 3.8) is 0 Å². The van der Waals surface area contributed by atoms with Gasteiger partial charge in [-0.2, -0.15) is 0 Å². The van der Waals surface area contributed by atoms with E-state index in [1.54, 1.807) is 6.92 Å². The van der Waals surface area contributed by atoms with E-state index in [2.05, 4.69) is 5.32 Å². The van der Waals surface area contributed by atoms with Crippen molar-refractivity contribution in [1.29, 1.82) is 0 Å². The molecule has 0 radical (unpaired) electrons. The molecule has 2 rings (SSSR count). The van der Waals surface area contributed by atoms with Crippen LogP contribution in [0.15, 0.2) is 6.07 Å². The van der Waals surface area contributed by atoms with E-state index in [0.717, 1.165) is 25.7 Å². The molecule has 1 amide bonds. The van der Waals surface area contributed by atoms with E-state index < -0.39 is 5.97 Å². The molecule has 0 spiro atoms. The highest BCUT2D eigenvalue weighted by Gasteiger charge is 2.17. The lowest BCUT2D eigenvalue weighted by Crippen LogP contribution is -2.29. The van der Waals surface area contributed by atoms with Gasteiger partial charge in [0.05, 0.1) is 6.61 Å². The minimum Gasteiger partial charge on any atom is -0.466 e. The monoisotopic (exact) mass is 381 g/mol. The number of hydrogen-bond acceptors (Lipinski definition) is 6. The van der Waals surface area contributed by atoms with Crippen LogP contribution in [0, 0.1) is 0 Å². The summed E-state index contributed by atoms with van der Waals surface area (Å²) in [5, 5.41) is 2.63. The lowest BCUT2D eigenvalue weighted by molar-refractivity contribution is -0.143. The Bertz CT molecular complexity index is 600. The van der Waals surface area contributed by atoms with Crippen LogP contribution in [-0.2, 0) is 31.9 Å². The largest absolute Gasteiger partial charge is 0.466 e. The topological polar surface area (TPSA) is 81.7 Å². The van der Waals surface area contributed by atoms with Gasteiger partial charge in [-0.1, -0.05) is 12.8 Å². The molecule has 0 saturated heterocycles. The number of nitrogens with one attached hydrogen (secondary N) is 1. The smallest absolute Gasteiger partial charge is 0.348 e.